The van der Waals surface area contributed by atoms with Crippen LogP contribution in [0, 0.1) is 0 Å². The van der Waals surface area contributed by atoms with E-state index in [4.69, 9.17) is 0 Å². The molecular weight excluding hydrogens is 424 g/mol. The molecule has 204 valence electrons. The molecule has 1 unspecified atom stereocenters. The molecular formula is C34H62O. The molecule has 1 rings (SSSR count). The van der Waals surface area contributed by atoms with E-state index in [1.807, 2.05) is 12.1 Å². The number of hydrogen-bond acceptors (Lipinski definition) is 1. The minimum atomic E-state index is 0.371. The first-order chi connectivity index (χ1) is 17.2. The van der Waals surface area contributed by atoms with Gasteiger partial charge in [0.15, 0.2) is 0 Å². The van der Waals surface area contributed by atoms with Crippen LogP contribution >= 0.6 is 0 Å². The summed E-state index contributed by atoms with van der Waals surface area (Å²) < 4.78 is 0. The Morgan fingerprint density at radius 1 is 0.457 bits per heavy atom. The van der Waals surface area contributed by atoms with Gasteiger partial charge in [0.05, 0.1) is 0 Å². The van der Waals surface area contributed by atoms with Crippen molar-refractivity contribution in [1.82, 2.24) is 0 Å². The van der Waals surface area contributed by atoms with Crippen LogP contribution in [0.15, 0.2) is 24.3 Å². The summed E-state index contributed by atoms with van der Waals surface area (Å²) in [5, 5.41) is 9.41. The fourth-order valence-corrected chi connectivity index (χ4v) is 5.38. The third-order valence-electron chi connectivity index (χ3n) is 7.95. The zero-order chi connectivity index (χ0) is 25.2. The van der Waals surface area contributed by atoms with E-state index in [-0.39, 0.29) is 0 Å². The number of aromatic hydroxyl groups is 1. The fourth-order valence-electron chi connectivity index (χ4n) is 5.38. The van der Waals surface area contributed by atoms with Crippen molar-refractivity contribution in [2.75, 3.05) is 0 Å². The van der Waals surface area contributed by atoms with Crippen LogP contribution in [0.3, 0.4) is 0 Å². The smallest absolute Gasteiger partial charge is 0.115 e. The van der Waals surface area contributed by atoms with Gasteiger partial charge in [0.2, 0.25) is 0 Å². The van der Waals surface area contributed by atoms with Crippen molar-refractivity contribution < 1.29 is 5.11 Å². The molecule has 0 fully saturated rings. The summed E-state index contributed by atoms with van der Waals surface area (Å²) in [6.45, 7) is 4.61. The SMILES string of the molecule is CCCCCCCCCCCCCCCCCCCCCCCCCCC(C)c1ccc(O)cc1. The van der Waals surface area contributed by atoms with Crippen molar-refractivity contribution >= 4 is 0 Å². The quantitative estimate of drug-likeness (QED) is 0.129. The molecule has 0 amide bonds. The second-order valence-corrected chi connectivity index (χ2v) is 11.4. The minimum Gasteiger partial charge on any atom is -0.508 e. The lowest BCUT2D eigenvalue weighted by Gasteiger charge is -2.11. The molecule has 1 aromatic rings. The highest BCUT2D eigenvalue weighted by atomic mass is 16.3. The molecule has 0 radical (unpaired) electrons. The largest absolute Gasteiger partial charge is 0.508 e. The zero-order valence-corrected chi connectivity index (χ0v) is 24.0. The van der Waals surface area contributed by atoms with Gasteiger partial charge in [-0.15, -0.1) is 0 Å². The topological polar surface area (TPSA) is 20.2 Å². The lowest BCUT2D eigenvalue weighted by Crippen LogP contribution is -1.93. The van der Waals surface area contributed by atoms with Crippen molar-refractivity contribution in [2.45, 2.75) is 180 Å². The van der Waals surface area contributed by atoms with Crippen LogP contribution in [0.2, 0.25) is 0 Å². The molecule has 0 aliphatic heterocycles. The third kappa shape index (κ3) is 20.9. The van der Waals surface area contributed by atoms with Gasteiger partial charge in [0, 0.05) is 0 Å². The van der Waals surface area contributed by atoms with Gasteiger partial charge in [-0.25, -0.2) is 0 Å². The zero-order valence-electron chi connectivity index (χ0n) is 24.0. The number of unbranched alkanes of at least 4 members (excludes halogenated alkanes) is 23. The molecule has 35 heavy (non-hydrogen) atoms. The molecule has 1 N–H and O–H groups in total. The molecule has 1 nitrogen and oxygen atoms in total. The lowest BCUT2D eigenvalue weighted by molar-refractivity contribution is 0.474. The Morgan fingerprint density at radius 3 is 1.06 bits per heavy atom. The first kappa shape index (κ1) is 32.0. The highest BCUT2D eigenvalue weighted by Gasteiger charge is 2.05. The minimum absolute atomic E-state index is 0.371. The molecule has 0 saturated carbocycles. The number of phenolic OH excluding ortho intramolecular Hbond substituents is 1. The summed E-state index contributed by atoms with van der Waals surface area (Å²) in [5.41, 5.74) is 1.36. The van der Waals surface area contributed by atoms with Crippen molar-refractivity contribution in [1.29, 1.82) is 0 Å². The highest BCUT2D eigenvalue weighted by Crippen LogP contribution is 2.24. The summed E-state index contributed by atoms with van der Waals surface area (Å²) >= 11 is 0. The molecule has 1 aromatic carbocycles. The van der Waals surface area contributed by atoms with E-state index in [9.17, 15) is 5.11 Å². The van der Waals surface area contributed by atoms with E-state index in [1.54, 1.807) is 0 Å². The maximum absolute atomic E-state index is 9.41. The number of benzene rings is 1. The Balaban J connectivity index is 1.70. The second kappa shape index (κ2) is 24.7. The van der Waals surface area contributed by atoms with Crippen molar-refractivity contribution in [3.63, 3.8) is 0 Å². The van der Waals surface area contributed by atoms with Gasteiger partial charge in [0.1, 0.15) is 5.75 Å². The van der Waals surface area contributed by atoms with Gasteiger partial charge in [-0.2, -0.15) is 0 Å². The molecule has 0 aromatic heterocycles. The molecule has 0 aliphatic rings. The maximum atomic E-state index is 9.41. The molecule has 1 atom stereocenters. The van der Waals surface area contributed by atoms with Gasteiger partial charge in [0.25, 0.3) is 0 Å². The summed E-state index contributed by atoms with van der Waals surface area (Å²) in [4.78, 5) is 0. The monoisotopic (exact) mass is 486 g/mol. The number of hydrogen-bond donors (Lipinski definition) is 1. The van der Waals surface area contributed by atoms with Gasteiger partial charge < -0.3 is 5.11 Å². The van der Waals surface area contributed by atoms with Crippen molar-refractivity contribution in [2.24, 2.45) is 0 Å². The molecule has 0 aliphatic carbocycles. The Labute approximate surface area is 220 Å². The van der Waals surface area contributed by atoms with E-state index in [2.05, 4.69) is 26.0 Å². The predicted octanol–water partition coefficient (Wildman–Crippen LogP) is 12.3. The van der Waals surface area contributed by atoms with E-state index in [0.717, 1.165) is 0 Å². The van der Waals surface area contributed by atoms with Crippen LogP contribution in [0.4, 0.5) is 0 Å². The van der Waals surface area contributed by atoms with Crippen LogP contribution in [0.5, 0.6) is 5.75 Å². The van der Waals surface area contributed by atoms with Gasteiger partial charge in [-0.05, 0) is 30.0 Å². The van der Waals surface area contributed by atoms with Crippen LogP contribution in [-0.4, -0.2) is 5.11 Å². The highest BCUT2D eigenvalue weighted by molar-refractivity contribution is 5.27. The van der Waals surface area contributed by atoms with E-state index in [1.165, 1.54) is 166 Å². The standard InChI is InChI=1S/C34H62O/c1-3-4-5-6-7-8-9-10-11-12-13-14-15-16-17-18-19-20-21-22-23-24-25-26-27-32(2)33-28-30-34(35)31-29-33/h28-32,35H,3-27H2,1-2H3. The maximum Gasteiger partial charge on any atom is 0.115 e. The van der Waals surface area contributed by atoms with E-state index in [0.29, 0.717) is 11.7 Å². The Bertz CT molecular complexity index is 534. The molecule has 1 heteroatoms. The van der Waals surface area contributed by atoms with Gasteiger partial charge in [-0.1, -0.05) is 180 Å². The molecule has 0 saturated heterocycles. The van der Waals surface area contributed by atoms with Crippen LogP contribution < -0.4 is 0 Å². The Morgan fingerprint density at radius 2 is 0.743 bits per heavy atom. The molecule has 0 bridgehead atoms. The summed E-state index contributed by atoms with van der Waals surface area (Å²) in [6.07, 6.45) is 36.0. The first-order valence-electron chi connectivity index (χ1n) is 16.0. The van der Waals surface area contributed by atoms with Crippen LogP contribution in [0.25, 0.3) is 0 Å². The average molecular weight is 487 g/mol. The Kier molecular flexibility index (Phi) is 22.6. The first-order valence-corrected chi connectivity index (χ1v) is 16.0. The number of rotatable bonds is 26. The molecule has 0 heterocycles. The lowest BCUT2D eigenvalue weighted by atomic mass is 9.94. The normalized spacial score (nSPS) is 12.3. The van der Waals surface area contributed by atoms with Gasteiger partial charge in [-0.3, -0.25) is 0 Å². The number of phenols is 1. The fraction of sp³-hybridized carbons (Fsp3) is 0.824. The van der Waals surface area contributed by atoms with Crippen molar-refractivity contribution in [3.8, 4) is 5.75 Å². The van der Waals surface area contributed by atoms with Gasteiger partial charge >= 0.3 is 0 Å². The summed E-state index contributed by atoms with van der Waals surface area (Å²) in [7, 11) is 0. The van der Waals surface area contributed by atoms with Crippen LogP contribution in [0.1, 0.15) is 186 Å². The summed E-state index contributed by atoms with van der Waals surface area (Å²) in [5.74, 6) is 0.978. The second-order valence-electron chi connectivity index (χ2n) is 11.4. The summed E-state index contributed by atoms with van der Waals surface area (Å²) in [6, 6.07) is 7.76. The third-order valence-corrected chi connectivity index (χ3v) is 7.95. The van der Waals surface area contributed by atoms with E-state index >= 15 is 0 Å². The molecule has 0 spiro atoms. The van der Waals surface area contributed by atoms with Crippen LogP contribution in [-0.2, 0) is 0 Å². The van der Waals surface area contributed by atoms with Crippen molar-refractivity contribution in [3.05, 3.63) is 29.8 Å². The van der Waals surface area contributed by atoms with E-state index < -0.39 is 0 Å². The average Bonchev–Trinajstić information content (AvgIpc) is 2.87. The Hall–Kier alpha value is -0.980. The predicted molar refractivity (Wildman–Crippen MR) is 158 cm³/mol.